The Hall–Kier alpha value is -0.530. The molecule has 0 rings (SSSR count). The maximum absolute atomic E-state index is 10.4. The molecule has 0 aliphatic carbocycles. The average Bonchev–Trinajstić information content (AvgIpc) is 1.82. The fourth-order valence-electron chi connectivity index (χ4n) is 0.533. The summed E-state index contributed by atoms with van der Waals surface area (Å²) < 4.78 is 0. The zero-order chi connectivity index (χ0) is 7.28. The summed E-state index contributed by atoms with van der Waals surface area (Å²) in [6.07, 6.45) is 4.00. The highest BCUT2D eigenvalue weighted by atomic mass is 16.1. The number of carbonyl (C=O) groups is 1. The van der Waals surface area contributed by atoms with Gasteiger partial charge >= 0.3 is 0 Å². The van der Waals surface area contributed by atoms with Crippen LogP contribution in [0.25, 0.3) is 0 Å². The van der Waals surface area contributed by atoms with Crippen LogP contribution < -0.4 is 5.73 Å². The summed E-state index contributed by atoms with van der Waals surface area (Å²) in [5.41, 5.74) is 5.01. The Labute approximate surface area is 56.4 Å². The second kappa shape index (κ2) is 4.36. The van der Waals surface area contributed by atoms with E-state index >= 15 is 0 Å². The van der Waals surface area contributed by atoms with Crippen molar-refractivity contribution < 1.29 is 4.79 Å². The van der Waals surface area contributed by atoms with E-state index in [1.807, 2.05) is 13.3 Å². The fraction of sp³-hybridized carbons (Fsp3) is 0.714. The van der Waals surface area contributed by atoms with E-state index in [1.54, 1.807) is 0 Å². The first kappa shape index (κ1) is 8.47. The van der Waals surface area contributed by atoms with Crippen LogP contribution in [0.2, 0.25) is 0 Å². The minimum absolute atomic E-state index is 0.0649. The van der Waals surface area contributed by atoms with E-state index < -0.39 is 0 Å². The minimum atomic E-state index is -0.233. The smallest absolute Gasteiger partial charge is 0.220 e. The quantitative estimate of drug-likeness (QED) is 0.605. The number of primary amides is 1. The SMILES string of the molecule is CCC[CH]C(C)C(N)=O. The first-order chi connectivity index (χ1) is 4.18. The highest BCUT2D eigenvalue weighted by molar-refractivity contribution is 5.77. The lowest BCUT2D eigenvalue weighted by Crippen LogP contribution is -2.20. The Morgan fingerprint density at radius 3 is 2.67 bits per heavy atom. The Balaban J connectivity index is 3.27. The van der Waals surface area contributed by atoms with Crippen LogP contribution in [0.3, 0.4) is 0 Å². The summed E-state index contributed by atoms with van der Waals surface area (Å²) >= 11 is 0. The van der Waals surface area contributed by atoms with Crippen molar-refractivity contribution in [3.8, 4) is 0 Å². The molecule has 2 N–H and O–H groups in total. The van der Waals surface area contributed by atoms with Gasteiger partial charge in [0.15, 0.2) is 0 Å². The van der Waals surface area contributed by atoms with Crippen molar-refractivity contribution in [3.63, 3.8) is 0 Å². The van der Waals surface area contributed by atoms with Gasteiger partial charge in [0.25, 0.3) is 0 Å². The highest BCUT2D eigenvalue weighted by Crippen LogP contribution is 2.03. The van der Waals surface area contributed by atoms with Gasteiger partial charge in [0.1, 0.15) is 0 Å². The van der Waals surface area contributed by atoms with Gasteiger partial charge in [-0.05, 0) is 12.8 Å². The maximum atomic E-state index is 10.4. The lowest BCUT2D eigenvalue weighted by atomic mass is 10.0. The van der Waals surface area contributed by atoms with E-state index in [9.17, 15) is 4.79 Å². The number of rotatable bonds is 4. The van der Waals surface area contributed by atoms with Crippen molar-refractivity contribution in [2.24, 2.45) is 11.7 Å². The molecule has 0 aromatic rings. The topological polar surface area (TPSA) is 43.1 Å². The Morgan fingerprint density at radius 1 is 1.78 bits per heavy atom. The van der Waals surface area contributed by atoms with Gasteiger partial charge in [-0.1, -0.05) is 20.3 Å². The minimum Gasteiger partial charge on any atom is -0.369 e. The number of unbranched alkanes of at least 4 members (excludes halogenated alkanes) is 1. The van der Waals surface area contributed by atoms with Crippen LogP contribution in [0.15, 0.2) is 0 Å². The largest absolute Gasteiger partial charge is 0.369 e. The van der Waals surface area contributed by atoms with Gasteiger partial charge in [-0.3, -0.25) is 4.79 Å². The highest BCUT2D eigenvalue weighted by Gasteiger charge is 2.06. The van der Waals surface area contributed by atoms with E-state index in [0.717, 1.165) is 12.8 Å². The molecule has 0 aromatic heterocycles. The molecule has 2 heteroatoms. The third-order valence-corrected chi connectivity index (χ3v) is 1.26. The van der Waals surface area contributed by atoms with Gasteiger partial charge in [0.05, 0.1) is 0 Å². The first-order valence-corrected chi connectivity index (χ1v) is 3.31. The predicted molar refractivity (Wildman–Crippen MR) is 37.6 cm³/mol. The molecule has 1 unspecified atom stereocenters. The van der Waals surface area contributed by atoms with Crippen molar-refractivity contribution in [1.29, 1.82) is 0 Å². The van der Waals surface area contributed by atoms with E-state index in [4.69, 9.17) is 5.73 Å². The zero-order valence-electron chi connectivity index (χ0n) is 6.05. The third kappa shape index (κ3) is 4.01. The average molecular weight is 128 g/mol. The molecule has 9 heavy (non-hydrogen) atoms. The van der Waals surface area contributed by atoms with Gasteiger partial charge in [0, 0.05) is 5.92 Å². The van der Waals surface area contributed by atoms with Crippen molar-refractivity contribution in [2.75, 3.05) is 0 Å². The normalized spacial score (nSPS) is 13.1. The molecule has 0 bridgehead atoms. The van der Waals surface area contributed by atoms with E-state index in [2.05, 4.69) is 6.92 Å². The van der Waals surface area contributed by atoms with Crippen molar-refractivity contribution >= 4 is 5.91 Å². The van der Waals surface area contributed by atoms with Crippen LogP contribution in [0, 0.1) is 12.3 Å². The molecular weight excluding hydrogens is 114 g/mol. The molecule has 0 saturated heterocycles. The summed E-state index contributed by atoms with van der Waals surface area (Å²) in [5, 5.41) is 0. The van der Waals surface area contributed by atoms with Gasteiger partial charge in [-0.25, -0.2) is 0 Å². The van der Waals surface area contributed by atoms with Crippen LogP contribution in [-0.4, -0.2) is 5.91 Å². The molecule has 0 saturated carbocycles. The molecule has 2 nitrogen and oxygen atoms in total. The molecule has 0 spiro atoms. The van der Waals surface area contributed by atoms with Crippen LogP contribution >= 0.6 is 0 Å². The van der Waals surface area contributed by atoms with E-state index in [-0.39, 0.29) is 11.8 Å². The monoisotopic (exact) mass is 128 g/mol. The molecule has 1 atom stereocenters. The Kier molecular flexibility index (Phi) is 4.10. The number of amides is 1. The molecule has 0 aromatic carbocycles. The Bertz CT molecular complexity index is 90.9. The summed E-state index contributed by atoms with van der Waals surface area (Å²) in [6.45, 7) is 3.89. The van der Waals surface area contributed by atoms with Gasteiger partial charge in [-0.15, -0.1) is 0 Å². The Morgan fingerprint density at radius 2 is 2.33 bits per heavy atom. The second-order valence-corrected chi connectivity index (χ2v) is 2.22. The molecule has 53 valence electrons. The van der Waals surface area contributed by atoms with E-state index in [1.165, 1.54) is 0 Å². The molecule has 1 radical (unpaired) electrons. The van der Waals surface area contributed by atoms with Crippen molar-refractivity contribution in [2.45, 2.75) is 26.7 Å². The number of hydrogen-bond donors (Lipinski definition) is 1. The van der Waals surface area contributed by atoms with E-state index in [0.29, 0.717) is 0 Å². The lowest BCUT2D eigenvalue weighted by molar-refractivity contribution is -0.120. The molecular formula is C7H14NO. The molecule has 0 aliphatic heterocycles. The molecule has 0 aliphatic rings. The van der Waals surface area contributed by atoms with Crippen LogP contribution in [-0.2, 0) is 4.79 Å². The standard InChI is InChI=1S/C7H14NO/c1-3-4-5-6(2)7(8)9/h5-6H,3-4H2,1-2H3,(H2,8,9). The number of nitrogens with two attached hydrogens (primary N) is 1. The van der Waals surface area contributed by atoms with Crippen LogP contribution in [0.1, 0.15) is 26.7 Å². The van der Waals surface area contributed by atoms with Crippen molar-refractivity contribution in [3.05, 3.63) is 6.42 Å². The first-order valence-electron chi connectivity index (χ1n) is 3.31. The maximum Gasteiger partial charge on any atom is 0.220 e. The molecule has 1 amide bonds. The predicted octanol–water partition coefficient (Wildman–Crippen LogP) is 1.11. The summed E-state index contributed by atoms with van der Waals surface area (Å²) in [7, 11) is 0. The van der Waals surface area contributed by atoms with Gasteiger partial charge in [-0.2, -0.15) is 0 Å². The lowest BCUT2D eigenvalue weighted by Gasteiger charge is -2.02. The zero-order valence-corrected chi connectivity index (χ0v) is 6.05. The summed E-state index contributed by atoms with van der Waals surface area (Å²) in [6, 6.07) is 0. The van der Waals surface area contributed by atoms with Crippen LogP contribution in [0.5, 0.6) is 0 Å². The molecule has 0 fully saturated rings. The number of carbonyl (C=O) groups excluding carboxylic acids is 1. The molecule has 0 heterocycles. The summed E-state index contributed by atoms with van der Waals surface area (Å²) in [4.78, 5) is 10.4. The van der Waals surface area contributed by atoms with Crippen molar-refractivity contribution in [1.82, 2.24) is 0 Å². The fourth-order valence-corrected chi connectivity index (χ4v) is 0.533. The van der Waals surface area contributed by atoms with Gasteiger partial charge in [0.2, 0.25) is 5.91 Å². The van der Waals surface area contributed by atoms with Crippen LogP contribution in [0.4, 0.5) is 0 Å². The second-order valence-electron chi connectivity index (χ2n) is 2.22. The summed E-state index contributed by atoms with van der Waals surface area (Å²) in [5.74, 6) is -0.298. The third-order valence-electron chi connectivity index (χ3n) is 1.26. The number of hydrogen-bond acceptors (Lipinski definition) is 1. The van der Waals surface area contributed by atoms with Gasteiger partial charge < -0.3 is 5.73 Å².